The van der Waals surface area contributed by atoms with E-state index < -0.39 is 0 Å². The van der Waals surface area contributed by atoms with Gasteiger partial charge in [-0.2, -0.15) is 0 Å². The minimum Gasteiger partial charge on any atom is -0.497 e. The summed E-state index contributed by atoms with van der Waals surface area (Å²) < 4.78 is 5.21. The molecule has 1 aromatic heterocycles. The lowest BCUT2D eigenvalue weighted by Gasteiger charge is -2.25. The van der Waals surface area contributed by atoms with E-state index in [0.29, 0.717) is 17.3 Å². The van der Waals surface area contributed by atoms with E-state index in [4.69, 9.17) is 10.5 Å². The van der Waals surface area contributed by atoms with Crippen molar-refractivity contribution in [3.63, 3.8) is 0 Å². The lowest BCUT2D eigenvalue weighted by Crippen LogP contribution is -2.20. The standard InChI is InChI=1S/C23H23N5O/c1-3-28(20-10-6-8-16-7-4-5-9-19(16)20)23-21(24)22(25-15-26-23)27-17-11-13-18(29-2)14-12-17/h4-15H,3,24H2,1-2H3,(H,25,26,27). The molecule has 0 saturated carbocycles. The molecule has 146 valence electrons. The van der Waals surface area contributed by atoms with E-state index in [1.807, 2.05) is 42.5 Å². The van der Waals surface area contributed by atoms with Crippen LogP contribution in [-0.2, 0) is 0 Å². The lowest BCUT2D eigenvalue weighted by molar-refractivity contribution is 0.415. The summed E-state index contributed by atoms with van der Waals surface area (Å²) in [5.41, 5.74) is 8.92. The Balaban J connectivity index is 1.72. The highest BCUT2D eigenvalue weighted by atomic mass is 16.5. The number of rotatable bonds is 6. The van der Waals surface area contributed by atoms with Crippen LogP contribution in [0.2, 0.25) is 0 Å². The molecule has 0 aliphatic carbocycles. The van der Waals surface area contributed by atoms with Gasteiger partial charge in [-0.15, -0.1) is 0 Å². The molecule has 0 atom stereocenters. The van der Waals surface area contributed by atoms with E-state index in [0.717, 1.165) is 29.1 Å². The molecule has 29 heavy (non-hydrogen) atoms. The highest BCUT2D eigenvalue weighted by Gasteiger charge is 2.17. The van der Waals surface area contributed by atoms with Crippen LogP contribution in [0, 0.1) is 0 Å². The van der Waals surface area contributed by atoms with Crippen molar-refractivity contribution >= 4 is 39.5 Å². The quantitative estimate of drug-likeness (QED) is 0.480. The van der Waals surface area contributed by atoms with Crippen LogP contribution in [0.4, 0.5) is 28.7 Å². The third kappa shape index (κ3) is 3.65. The van der Waals surface area contributed by atoms with Crippen molar-refractivity contribution in [1.29, 1.82) is 0 Å². The molecule has 6 heteroatoms. The van der Waals surface area contributed by atoms with Gasteiger partial charge in [-0.25, -0.2) is 9.97 Å². The first-order chi connectivity index (χ1) is 14.2. The summed E-state index contributed by atoms with van der Waals surface area (Å²) in [6, 6.07) is 22.1. The average molecular weight is 385 g/mol. The number of hydrogen-bond donors (Lipinski definition) is 2. The van der Waals surface area contributed by atoms with Crippen molar-refractivity contribution in [2.45, 2.75) is 6.92 Å². The van der Waals surface area contributed by atoms with E-state index >= 15 is 0 Å². The van der Waals surface area contributed by atoms with Crippen LogP contribution in [0.25, 0.3) is 10.8 Å². The molecular weight excluding hydrogens is 362 g/mol. The highest BCUT2D eigenvalue weighted by molar-refractivity contribution is 5.97. The summed E-state index contributed by atoms with van der Waals surface area (Å²) in [4.78, 5) is 10.9. The molecule has 0 saturated heterocycles. The predicted molar refractivity (Wildman–Crippen MR) is 119 cm³/mol. The summed E-state index contributed by atoms with van der Waals surface area (Å²) in [5, 5.41) is 5.60. The largest absolute Gasteiger partial charge is 0.497 e. The first kappa shape index (κ1) is 18.6. The normalized spacial score (nSPS) is 10.7. The van der Waals surface area contributed by atoms with Crippen LogP contribution in [0.15, 0.2) is 73.1 Å². The number of nitrogen functional groups attached to an aromatic ring is 1. The second-order valence-electron chi connectivity index (χ2n) is 6.56. The van der Waals surface area contributed by atoms with Gasteiger partial charge in [-0.05, 0) is 42.6 Å². The first-order valence-electron chi connectivity index (χ1n) is 9.48. The van der Waals surface area contributed by atoms with Crippen LogP contribution in [0.3, 0.4) is 0 Å². The summed E-state index contributed by atoms with van der Waals surface area (Å²) >= 11 is 0. The summed E-state index contributed by atoms with van der Waals surface area (Å²) in [6.45, 7) is 2.80. The zero-order valence-corrected chi connectivity index (χ0v) is 16.5. The van der Waals surface area contributed by atoms with Crippen LogP contribution >= 0.6 is 0 Å². The maximum Gasteiger partial charge on any atom is 0.161 e. The zero-order chi connectivity index (χ0) is 20.2. The van der Waals surface area contributed by atoms with Gasteiger partial charge in [0.2, 0.25) is 0 Å². The van der Waals surface area contributed by atoms with E-state index in [2.05, 4.69) is 51.4 Å². The second-order valence-corrected chi connectivity index (χ2v) is 6.56. The number of aromatic nitrogens is 2. The van der Waals surface area contributed by atoms with Gasteiger partial charge in [0.25, 0.3) is 0 Å². The van der Waals surface area contributed by atoms with Crippen molar-refractivity contribution in [3.05, 3.63) is 73.1 Å². The van der Waals surface area contributed by atoms with Crippen LogP contribution in [0.1, 0.15) is 6.92 Å². The molecule has 4 aromatic rings. The minimum absolute atomic E-state index is 0.498. The Kier molecular flexibility index (Phi) is 5.16. The van der Waals surface area contributed by atoms with Crippen LogP contribution < -0.4 is 20.7 Å². The van der Waals surface area contributed by atoms with Gasteiger partial charge in [-0.1, -0.05) is 36.4 Å². The Morgan fingerprint density at radius 1 is 0.966 bits per heavy atom. The third-order valence-corrected chi connectivity index (χ3v) is 4.84. The van der Waals surface area contributed by atoms with E-state index in [9.17, 15) is 0 Å². The number of methoxy groups -OCH3 is 1. The maximum atomic E-state index is 6.49. The second kappa shape index (κ2) is 8.06. The van der Waals surface area contributed by atoms with Gasteiger partial charge in [-0.3, -0.25) is 0 Å². The maximum absolute atomic E-state index is 6.49. The molecule has 0 amide bonds. The van der Waals surface area contributed by atoms with Gasteiger partial charge >= 0.3 is 0 Å². The summed E-state index contributed by atoms with van der Waals surface area (Å²) in [5.74, 6) is 2.04. The molecule has 0 fully saturated rings. The molecule has 0 spiro atoms. The fourth-order valence-electron chi connectivity index (χ4n) is 3.39. The smallest absolute Gasteiger partial charge is 0.161 e. The summed E-state index contributed by atoms with van der Waals surface area (Å²) in [7, 11) is 1.64. The number of fused-ring (bicyclic) bond motifs is 1. The molecule has 6 nitrogen and oxygen atoms in total. The molecule has 4 rings (SSSR count). The Labute approximate surface area is 170 Å². The van der Waals surface area contributed by atoms with Gasteiger partial charge < -0.3 is 20.7 Å². The fraction of sp³-hybridized carbons (Fsp3) is 0.130. The zero-order valence-electron chi connectivity index (χ0n) is 16.5. The lowest BCUT2D eigenvalue weighted by atomic mass is 10.1. The number of ether oxygens (including phenoxy) is 1. The molecule has 1 heterocycles. The number of hydrogen-bond acceptors (Lipinski definition) is 6. The number of anilines is 5. The Bertz CT molecular complexity index is 1120. The van der Waals surface area contributed by atoms with E-state index in [1.165, 1.54) is 11.7 Å². The predicted octanol–water partition coefficient (Wildman–Crippen LogP) is 5.12. The van der Waals surface area contributed by atoms with Crippen LogP contribution in [-0.4, -0.2) is 23.6 Å². The van der Waals surface area contributed by atoms with Crippen molar-refractivity contribution in [2.75, 3.05) is 29.6 Å². The van der Waals surface area contributed by atoms with E-state index in [-0.39, 0.29) is 0 Å². The molecule has 0 radical (unpaired) electrons. The van der Waals surface area contributed by atoms with E-state index in [1.54, 1.807) is 7.11 Å². The minimum atomic E-state index is 0.498. The molecule has 0 unspecified atom stereocenters. The summed E-state index contributed by atoms with van der Waals surface area (Å²) in [6.07, 6.45) is 1.53. The number of nitrogens with two attached hydrogens (primary N) is 1. The topological polar surface area (TPSA) is 76.3 Å². The van der Waals surface area contributed by atoms with Crippen molar-refractivity contribution in [3.8, 4) is 5.75 Å². The van der Waals surface area contributed by atoms with Gasteiger partial charge in [0, 0.05) is 17.6 Å². The molecule has 0 bridgehead atoms. The monoisotopic (exact) mass is 385 g/mol. The molecule has 0 aliphatic rings. The molecule has 3 aromatic carbocycles. The Morgan fingerprint density at radius 3 is 2.48 bits per heavy atom. The number of nitrogens with zero attached hydrogens (tertiary/aromatic N) is 3. The Morgan fingerprint density at radius 2 is 1.72 bits per heavy atom. The van der Waals surface area contributed by atoms with Crippen molar-refractivity contribution in [1.82, 2.24) is 9.97 Å². The molecular formula is C23H23N5O. The molecule has 3 N–H and O–H groups in total. The average Bonchev–Trinajstić information content (AvgIpc) is 2.77. The highest BCUT2D eigenvalue weighted by Crippen LogP contribution is 2.36. The number of benzene rings is 3. The SMILES string of the molecule is CCN(c1ncnc(Nc2ccc(OC)cc2)c1N)c1cccc2ccccc12. The Hall–Kier alpha value is -3.80. The van der Waals surface area contributed by atoms with Gasteiger partial charge in [0.15, 0.2) is 11.6 Å². The first-order valence-corrected chi connectivity index (χ1v) is 9.48. The third-order valence-electron chi connectivity index (χ3n) is 4.84. The van der Waals surface area contributed by atoms with Crippen LogP contribution in [0.5, 0.6) is 5.75 Å². The number of nitrogens with one attached hydrogen (secondary N) is 1. The fourth-order valence-corrected chi connectivity index (χ4v) is 3.39. The van der Waals surface area contributed by atoms with Gasteiger partial charge in [0.1, 0.15) is 17.8 Å². The van der Waals surface area contributed by atoms with Crippen molar-refractivity contribution < 1.29 is 4.74 Å². The molecule has 0 aliphatic heterocycles. The van der Waals surface area contributed by atoms with Gasteiger partial charge in [0.05, 0.1) is 12.8 Å². The van der Waals surface area contributed by atoms with Crippen molar-refractivity contribution in [2.24, 2.45) is 0 Å².